The van der Waals surface area contributed by atoms with Gasteiger partial charge in [-0.3, -0.25) is 0 Å². The fourth-order valence-electron chi connectivity index (χ4n) is 1.40. The maximum absolute atomic E-state index is 12.8. The van der Waals surface area contributed by atoms with Gasteiger partial charge in [0.15, 0.2) is 0 Å². The second-order valence-corrected chi connectivity index (χ2v) is 3.49. The van der Waals surface area contributed by atoms with Crippen molar-refractivity contribution in [3.8, 4) is 0 Å². The number of hydrogen-bond acceptors (Lipinski definition) is 1. The summed E-state index contributed by atoms with van der Waals surface area (Å²) in [5, 5.41) is 9.39. The third-order valence-electron chi connectivity index (χ3n) is 2.13. The van der Waals surface area contributed by atoms with E-state index in [2.05, 4.69) is 6.58 Å². The topological polar surface area (TPSA) is 20.2 Å². The second-order valence-electron chi connectivity index (χ2n) is 3.49. The Bertz CT molecular complexity index is 316. The molecule has 0 spiro atoms. The van der Waals surface area contributed by atoms with Crippen molar-refractivity contribution in [1.29, 1.82) is 0 Å². The summed E-state index contributed by atoms with van der Waals surface area (Å²) in [5.74, 6) is -1.16. The Kier molecular flexibility index (Phi) is 4.43. The summed E-state index contributed by atoms with van der Waals surface area (Å²) >= 11 is 0. The van der Waals surface area contributed by atoms with Crippen LogP contribution in [-0.2, 0) is 6.42 Å². The van der Waals surface area contributed by atoms with Crippen molar-refractivity contribution < 1.29 is 13.9 Å². The van der Waals surface area contributed by atoms with Gasteiger partial charge in [0.25, 0.3) is 0 Å². The Morgan fingerprint density at radius 1 is 1.27 bits per heavy atom. The summed E-state index contributed by atoms with van der Waals surface area (Å²) in [5.41, 5.74) is 0.565. The van der Waals surface area contributed by atoms with Crippen molar-refractivity contribution in [3.05, 3.63) is 48.1 Å². The third kappa shape index (κ3) is 4.21. The van der Waals surface area contributed by atoms with Crippen LogP contribution in [0.2, 0.25) is 0 Å². The van der Waals surface area contributed by atoms with E-state index in [-0.39, 0.29) is 0 Å². The third-order valence-corrected chi connectivity index (χ3v) is 2.13. The molecule has 1 aromatic rings. The van der Waals surface area contributed by atoms with Crippen LogP contribution in [0.1, 0.15) is 18.4 Å². The van der Waals surface area contributed by atoms with E-state index in [1.165, 1.54) is 12.1 Å². The highest BCUT2D eigenvalue weighted by Gasteiger charge is 2.04. The second kappa shape index (κ2) is 5.61. The monoisotopic (exact) mass is 212 g/mol. The number of halogens is 2. The zero-order chi connectivity index (χ0) is 11.3. The van der Waals surface area contributed by atoms with E-state index in [0.29, 0.717) is 24.8 Å². The lowest BCUT2D eigenvalue weighted by Crippen LogP contribution is -2.06. The normalized spacial score (nSPS) is 12.5. The predicted molar refractivity (Wildman–Crippen MR) is 55.5 cm³/mol. The van der Waals surface area contributed by atoms with Gasteiger partial charge in [-0.2, -0.15) is 0 Å². The molecular formula is C12H14F2O. The summed E-state index contributed by atoms with van der Waals surface area (Å²) in [6, 6.07) is 3.40. The highest BCUT2D eigenvalue weighted by molar-refractivity contribution is 5.18. The molecule has 0 aromatic heterocycles. The summed E-state index contributed by atoms with van der Waals surface area (Å²) in [7, 11) is 0. The average Bonchev–Trinajstić information content (AvgIpc) is 2.14. The van der Waals surface area contributed by atoms with Gasteiger partial charge in [-0.15, -0.1) is 6.58 Å². The number of aryl methyl sites for hydroxylation is 1. The molecule has 0 bridgehead atoms. The fourth-order valence-corrected chi connectivity index (χ4v) is 1.40. The minimum atomic E-state index is -0.580. The highest BCUT2D eigenvalue weighted by atomic mass is 19.1. The van der Waals surface area contributed by atoms with Crippen LogP contribution in [-0.4, -0.2) is 11.2 Å². The van der Waals surface area contributed by atoms with Crippen LogP contribution in [0, 0.1) is 11.6 Å². The van der Waals surface area contributed by atoms with E-state index in [4.69, 9.17) is 0 Å². The molecule has 15 heavy (non-hydrogen) atoms. The molecule has 1 aromatic carbocycles. The molecule has 1 atom stereocenters. The van der Waals surface area contributed by atoms with Gasteiger partial charge in [0.2, 0.25) is 0 Å². The molecule has 1 nitrogen and oxygen atoms in total. The van der Waals surface area contributed by atoms with E-state index in [9.17, 15) is 13.9 Å². The van der Waals surface area contributed by atoms with Gasteiger partial charge in [0.05, 0.1) is 6.10 Å². The van der Waals surface area contributed by atoms with Crippen molar-refractivity contribution in [1.82, 2.24) is 0 Å². The first-order chi connectivity index (χ1) is 7.11. The zero-order valence-corrected chi connectivity index (χ0v) is 8.42. The van der Waals surface area contributed by atoms with Gasteiger partial charge in [-0.25, -0.2) is 8.78 Å². The standard InChI is InChI=1S/C12H14F2O/c1-2-3-12(15)5-4-9-6-10(13)8-11(14)7-9/h2,6-8,12,15H,1,3-5H2. The summed E-state index contributed by atoms with van der Waals surface area (Å²) in [6.07, 6.45) is 2.57. The average molecular weight is 212 g/mol. The van der Waals surface area contributed by atoms with E-state index in [0.717, 1.165) is 6.07 Å². The smallest absolute Gasteiger partial charge is 0.126 e. The summed E-state index contributed by atoms with van der Waals surface area (Å²) in [6.45, 7) is 3.50. The number of hydrogen-bond donors (Lipinski definition) is 1. The van der Waals surface area contributed by atoms with Crippen LogP contribution < -0.4 is 0 Å². The molecule has 1 unspecified atom stereocenters. The minimum absolute atomic E-state index is 0.462. The number of aliphatic hydroxyl groups excluding tert-OH is 1. The first kappa shape index (κ1) is 11.9. The van der Waals surface area contributed by atoms with Crippen molar-refractivity contribution in [2.75, 3.05) is 0 Å². The van der Waals surface area contributed by atoms with Crippen molar-refractivity contribution in [2.24, 2.45) is 0 Å². The van der Waals surface area contributed by atoms with Crippen LogP contribution in [0.5, 0.6) is 0 Å². The highest BCUT2D eigenvalue weighted by Crippen LogP contribution is 2.11. The Hall–Kier alpha value is -1.22. The molecule has 0 aliphatic heterocycles. The maximum atomic E-state index is 12.8. The van der Waals surface area contributed by atoms with Gasteiger partial charge in [-0.05, 0) is 37.0 Å². The van der Waals surface area contributed by atoms with Crippen molar-refractivity contribution in [3.63, 3.8) is 0 Å². The van der Waals surface area contributed by atoms with Crippen LogP contribution in [0.25, 0.3) is 0 Å². The first-order valence-electron chi connectivity index (χ1n) is 4.85. The SMILES string of the molecule is C=CCC(O)CCc1cc(F)cc(F)c1. The fraction of sp³-hybridized carbons (Fsp3) is 0.333. The van der Waals surface area contributed by atoms with E-state index in [1.54, 1.807) is 6.08 Å². The molecule has 0 saturated carbocycles. The van der Waals surface area contributed by atoms with Gasteiger partial charge in [0.1, 0.15) is 11.6 Å². The maximum Gasteiger partial charge on any atom is 0.126 e. The van der Waals surface area contributed by atoms with Crippen LogP contribution in [0.4, 0.5) is 8.78 Å². The Labute approximate surface area is 88.1 Å². The van der Waals surface area contributed by atoms with E-state index < -0.39 is 17.7 Å². The van der Waals surface area contributed by atoms with Gasteiger partial charge >= 0.3 is 0 Å². The molecule has 0 aliphatic carbocycles. The van der Waals surface area contributed by atoms with Crippen LogP contribution in [0.15, 0.2) is 30.9 Å². The predicted octanol–water partition coefficient (Wildman–Crippen LogP) is 2.83. The molecule has 0 amide bonds. The molecule has 0 saturated heterocycles. The lowest BCUT2D eigenvalue weighted by Gasteiger charge is -2.07. The number of benzene rings is 1. The minimum Gasteiger partial charge on any atom is -0.393 e. The Morgan fingerprint density at radius 3 is 2.40 bits per heavy atom. The molecule has 0 fully saturated rings. The molecule has 82 valence electrons. The van der Waals surface area contributed by atoms with Gasteiger partial charge in [0, 0.05) is 6.07 Å². The van der Waals surface area contributed by atoms with Crippen molar-refractivity contribution >= 4 is 0 Å². The van der Waals surface area contributed by atoms with Gasteiger partial charge in [-0.1, -0.05) is 6.08 Å². The van der Waals surface area contributed by atoms with Crippen LogP contribution in [0.3, 0.4) is 0 Å². The van der Waals surface area contributed by atoms with Crippen molar-refractivity contribution in [2.45, 2.75) is 25.4 Å². The first-order valence-corrected chi connectivity index (χ1v) is 4.85. The molecule has 1 rings (SSSR count). The molecule has 0 radical (unpaired) electrons. The summed E-state index contributed by atoms with van der Waals surface area (Å²) < 4.78 is 25.6. The Morgan fingerprint density at radius 2 is 1.87 bits per heavy atom. The lowest BCUT2D eigenvalue weighted by atomic mass is 10.0. The van der Waals surface area contributed by atoms with E-state index >= 15 is 0 Å². The lowest BCUT2D eigenvalue weighted by molar-refractivity contribution is 0.168. The van der Waals surface area contributed by atoms with E-state index in [1.807, 2.05) is 0 Å². The van der Waals surface area contributed by atoms with Gasteiger partial charge < -0.3 is 5.11 Å². The summed E-state index contributed by atoms with van der Waals surface area (Å²) in [4.78, 5) is 0. The zero-order valence-electron chi connectivity index (χ0n) is 8.42. The number of rotatable bonds is 5. The molecular weight excluding hydrogens is 198 g/mol. The molecule has 3 heteroatoms. The quantitative estimate of drug-likeness (QED) is 0.744. The molecule has 1 N–H and O–H groups in total. The Balaban J connectivity index is 2.53. The largest absolute Gasteiger partial charge is 0.393 e. The van der Waals surface area contributed by atoms with Crippen LogP contribution >= 0.6 is 0 Å². The molecule has 0 heterocycles. The number of aliphatic hydroxyl groups is 1. The molecule has 0 aliphatic rings.